The number of carbonyl (C=O) groups is 1. The summed E-state index contributed by atoms with van der Waals surface area (Å²) in [6, 6.07) is 3.07. The third-order valence-electron chi connectivity index (χ3n) is 2.13. The first-order chi connectivity index (χ1) is 8.69. The quantitative estimate of drug-likeness (QED) is 0.806. The first-order valence-electron chi connectivity index (χ1n) is 5.08. The molecule has 0 spiro atoms. The summed E-state index contributed by atoms with van der Waals surface area (Å²) in [5.41, 5.74) is 0.405. The van der Waals surface area contributed by atoms with Gasteiger partial charge in [0.05, 0.1) is 6.54 Å². The lowest BCUT2D eigenvalue weighted by Gasteiger charge is -2.05. The molecule has 0 radical (unpaired) electrons. The van der Waals surface area contributed by atoms with Crippen molar-refractivity contribution in [2.45, 2.75) is 6.54 Å². The summed E-state index contributed by atoms with van der Waals surface area (Å²) in [4.78, 5) is 19.6. The Labute approximate surface area is 108 Å². The number of nitrogens with one attached hydrogen (secondary N) is 2. The maximum Gasteiger partial charge on any atom is 0.251 e. The highest BCUT2D eigenvalue weighted by Crippen LogP contribution is 2.14. The largest absolute Gasteiger partial charge is 0.373 e. The normalized spacial score (nSPS) is 10.1. The second-order valence-electron chi connectivity index (χ2n) is 3.34. The van der Waals surface area contributed by atoms with E-state index in [1.54, 1.807) is 13.1 Å². The lowest BCUT2D eigenvalue weighted by atomic mass is 10.2. The number of hydrogen-bond acceptors (Lipinski definition) is 6. The van der Waals surface area contributed by atoms with Crippen molar-refractivity contribution in [1.29, 1.82) is 0 Å². The summed E-state index contributed by atoms with van der Waals surface area (Å²) in [6.07, 6.45) is 1.20. The summed E-state index contributed by atoms with van der Waals surface area (Å²) >= 11 is 5.80. The van der Waals surface area contributed by atoms with Crippen molar-refractivity contribution >= 4 is 23.3 Å². The molecule has 2 heterocycles. The Morgan fingerprint density at radius 2 is 2.33 bits per heavy atom. The van der Waals surface area contributed by atoms with Crippen LogP contribution < -0.4 is 10.6 Å². The minimum absolute atomic E-state index is 0.185. The van der Waals surface area contributed by atoms with Gasteiger partial charge in [-0.3, -0.25) is 4.79 Å². The van der Waals surface area contributed by atoms with E-state index in [0.29, 0.717) is 17.2 Å². The lowest BCUT2D eigenvalue weighted by molar-refractivity contribution is 0.0949. The number of pyridine rings is 1. The van der Waals surface area contributed by atoms with Gasteiger partial charge in [0.1, 0.15) is 11.0 Å². The molecule has 0 unspecified atom stereocenters. The maximum absolute atomic E-state index is 11.8. The average molecular weight is 268 g/mol. The monoisotopic (exact) mass is 267 g/mol. The SMILES string of the molecule is CNc1cc(C(=O)NCc2ncon2)cc(Cl)n1. The molecule has 7 nitrogen and oxygen atoms in total. The van der Waals surface area contributed by atoms with Crippen molar-refractivity contribution in [2.24, 2.45) is 0 Å². The summed E-state index contributed by atoms with van der Waals surface area (Å²) in [5.74, 6) is 0.630. The number of halogens is 1. The molecule has 0 aliphatic rings. The standard InChI is InChI=1S/C10H10ClN5O2/c1-12-8-3-6(2-7(11)15-8)10(17)13-4-9-14-5-18-16-9/h2-3,5H,4H2,1H3,(H,12,15)(H,13,17). The van der Waals surface area contributed by atoms with Gasteiger partial charge in [-0.2, -0.15) is 4.98 Å². The minimum Gasteiger partial charge on any atom is -0.373 e. The fourth-order valence-corrected chi connectivity index (χ4v) is 1.50. The molecule has 1 amide bonds. The fraction of sp³-hybridized carbons (Fsp3) is 0.200. The zero-order valence-corrected chi connectivity index (χ0v) is 10.2. The summed E-state index contributed by atoms with van der Waals surface area (Å²) in [5, 5.41) is 9.28. The minimum atomic E-state index is -0.291. The van der Waals surface area contributed by atoms with Crippen LogP contribution in [0.3, 0.4) is 0 Å². The van der Waals surface area contributed by atoms with Gasteiger partial charge in [0, 0.05) is 12.6 Å². The highest BCUT2D eigenvalue weighted by Gasteiger charge is 2.09. The molecule has 18 heavy (non-hydrogen) atoms. The van der Waals surface area contributed by atoms with Crippen molar-refractivity contribution in [2.75, 3.05) is 12.4 Å². The molecule has 2 aromatic rings. The highest BCUT2D eigenvalue weighted by molar-refractivity contribution is 6.29. The number of amides is 1. The van der Waals surface area contributed by atoms with Crippen LogP contribution in [0.2, 0.25) is 5.15 Å². The Morgan fingerprint density at radius 3 is 3.00 bits per heavy atom. The van der Waals surface area contributed by atoms with Gasteiger partial charge in [-0.25, -0.2) is 4.98 Å². The van der Waals surface area contributed by atoms with E-state index in [2.05, 4.69) is 30.3 Å². The molecule has 0 atom stereocenters. The van der Waals surface area contributed by atoms with Crippen LogP contribution in [-0.4, -0.2) is 28.1 Å². The third kappa shape index (κ3) is 2.95. The van der Waals surface area contributed by atoms with Crippen LogP contribution in [-0.2, 0) is 6.54 Å². The first kappa shape index (κ1) is 12.3. The van der Waals surface area contributed by atoms with E-state index in [4.69, 9.17) is 11.6 Å². The molecule has 2 aromatic heterocycles. The van der Waals surface area contributed by atoms with E-state index < -0.39 is 0 Å². The zero-order valence-electron chi connectivity index (χ0n) is 9.48. The average Bonchev–Trinajstić information content (AvgIpc) is 2.88. The molecule has 0 aliphatic carbocycles. The summed E-state index contributed by atoms with van der Waals surface area (Å²) < 4.78 is 4.55. The van der Waals surface area contributed by atoms with Gasteiger partial charge in [-0.15, -0.1) is 0 Å². The predicted molar refractivity (Wildman–Crippen MR) is 64.3 cm³/mol. The summed E-state index contributed by atoms with van der Waals surface area (Å²) in [6.45, 7) is 0.185. The Kier molecular flexibility index (Phi) is 3.73. The van der Waals surface area contributed by atoms with Crippen LogP contribution in [0.4, 0.5) is 5.82 Å². The van der Waals surface area contributed by atoms with E-state index in [0.717, 1.165) is 0 Å². The number of nitrogens with zero attached hydrogens (tertiary/aromatic N) is 3. The number of carbonyl (C=O) groups excluding carboxylic acids is 1. The zero-order chi connectivity index (χ0) is 13.0. The van der Waals surface area contributed by atoms with Gasteiger partial charge < -0.3 is 15.2 Å². The van der Waals surface area contributed by atoms with Crippen molar-refractivity contribution in [3.8, 4) is 0 Å². The molecule has 2 N–H and O–H groups in total. The Balaban J connectivity index is 2.06. The van der Waals surface area contributed by atoms with Crippen LogP contribution in [0, 0.1) is 0 Å². The predicted octanol–water partition coefficient (Wildman–Crippen LogP) is 1.09. The number of anilines is 1. The van der Waals surface area contributed by atoms with Crippen molar-refractivity contribution in [3.63, 3.8) is 0 Å². The van der Waals surface area contributed by atoms with Crippen molar-refractivity contribution in [3.05, 3.63) is 35.1 Å². The topological polar surface area (TPSA) is 92.9 Å². The van der Waals surface area contributed by atoms with Crippen molar-refractivity contribution < 1.29 is 9.32 Å². The molecule has 0 saturated carbocycles. The smallest absolute Gasteiger partial charge is 0.251 e. The van der Waals surface area contributed by atoms with E-state index in [-0.39, 0.29) is 17.6 Å². The van der Waals surface area contributed by atoms with Crippen LogP contribution >= 0.6 is 11.6 Å². The van der Waals surface area contributed by atoms with Gasteiger partial charge in [-0.1, -0.05) is 16.8 Å². The molecule has 0 bridgehead atoms. The van der Waals surface area contributed by atoms with Gasteiger partial charge in [0.2, 0.25) is 6.39 Å². The molecule has 0 aliphatic heterocycles. The van der Waals surface area contributed by atoms with Gasteiger partial charge in [0.15, 0.2) is 5.82 Å². The van der Waals surface area contributed by atoms with Crippen LogP contribution in [0.5, 0.6) is 0 Å². The first-order valence-corrected chi connectivity index (χ1v) is 5.45. The molecule has 8 heteroatoms. The second kappa shape index (κ2) is 5.46. The molecule has 0 aromatic carbocycles. The third-order valence-corrected chi connectivity index (χ3v) is 2.32. The van der Waals surface area contributed by atoms with Crippen LogP contribution in [0.1, 0.15) is 16.2 Å². The number of hydrogen-bond donors (Lipinski definition) is 2. The van der Waals surface area contributed by atoms with Crippen LogP contribution in [0.15, 0.2) is 23.0 Å². The van der Waals surface area contributed by atoms with Gasteiger partial charge in [-0.05, 0) is 12.1 Å². The Morgan fingerprint density at radius 1 is 1.50 bits per heavy atom. The molecule has 94 valence electrons. The fourth-order valence-electron chi connectivity index (χ4n) is 1.29. The van der Waals surface area contributed by atoms with Gasteiger partial charge in [0.25, 0.3) is 5.91 Å². The summed E-state index contributed by atoms with van der Waals surface area (Å²) in [7, 11) is 1.69. The van der Waals surface area contributed by atoms with E-state index in [1.165, 1.54) is 12.5 Å². The van der Waals surface area contributed by atoms with Gasteiger partial charge >= 0.3 is 0 Å². The van der Waals surface area contributed by atoms with E-state index in [9.17, 15) is 4.79 Å². The number of aromatic nitrogens is 3. The molecule has 0 saturated heterocycles. The Bertz CT molecular complexity index is 543. The highest BCUT2D eigenvalue weighted by atomic mass is 35.5. The van der Waals surface area contributed by atoms with E-state index in [1.807, 2.05) is 0 Å². The van der Waals surface area contributed by atoms with Crippen LogP contribution in [0.25, 0.3) is 0 Å². The Hall–Kier alpha value is -2.15. The molecular formula is C10H10ClN5O2. The molecular weight excluding hydrogens is 258 g/mol. The second-order valence-corrected chi connectivity index (χ2v) is 3.73. The molecule has 2 rings (SSSR count). The molecule has 0 fully saturated rings. The maximum atomic E-state index is 11.8. The van der Waals surface area contributed by atoms with Crippen molar-refractivity contribution in [1.82, 2.24) is 20.4 Å². The van der Waals surface area contributed by atoms with E-state index >= 15 is 0 Å². The lowest BCUT2D eigenvalue weighted by Crippen LogP contribution is -2.23. The number of rotatable bonds is 4.